The molecule has 1 aliphatic rings. The summed E-state index contributed by atoms with van der Waals surface area (Å²) in [6.45, 7) is 1.11. The van der Waals surface area contributed by atoms with Crippen LogP contribution in [0.15, 0.2) is 53.9 Å². The number of ether oxygens (including phenoxy) is 1. The molecule has 0 N–H and O–H groups in total. The Morgan fingerprint density at radius 2 is 2.12 bits per heavy atom. The standard InChI is InChI=1S/C20H17ClN2O2S/c21-15-5-3-6-17(10-15)25-12-19-22-16(13-26-19)11-20(24)23-9-8-14-4-1-2-7-18(14)23/h1-7,10,13H,8-9,11-12H2. The van der Waals surface area contributed by atoms with Gasteiger partial charge in [0.15, 0.2) is 0 Å². The first kappa shape index (κ1) is 17.1. The van der Waals surface area contributed by atoms with E-state index < -0.39 is 0 Å². The van der Waals surface area contributed by atoms with Crippen molar-refractivity contribution in [1.29, 1.82) is 0 Å². The maximum atomic E-state index is 12.6. The maximum absolute atomic E-state index is 12.6. The van der Waals surface area contributed by atoms with Crippen LogP contribution in [0.1, 0.15) is 16.3 Å². The molecule has 0 saturated heterocycles. The summed E-state index contributed by atoms with van der Waals surface area (Å²) in [6, 6.07) is 15.3. The number of halogens is 1. The van der Waals surface area contributed by atoms with Crippen LogP contribution in [-0.4, -0.2) is 17.4 Å². The van der Waals surface area contributed by atoms with Gasteiger partial charge < -0.3 is 9.64 Å². The maximum Gasteiger partial charge on any atom is 0.233 e. The van der Waals surface area contributed by atoms with Crippen molar-refractivity contribution in [2.45, 2.75) is 19.4 Å². The van der Waals surface area contributed by atoms with E-state index in [9.17, 15) is 4.79 Å². The molecule has 132 valence electrons. The smallest absolute Gasteiger partial charge is 0.233 e. The Balaban J connectivity index is 1.37. The number of benzene rings is 2. The number of rotatable bonds is 5. The number of aromatic nitrogens is 1. The van der Waals surface area contributed by atoms with Crippen LogP contribution in [-0.2, 0) is 24.2 Å². The Hall–Kier alpha value is -2.37. The summed E-state index contributed by atoms with van der Waals surface area (Å²) in [5.41, 5.74) is 3.04. The fourth-order valence-electron chi connectivity index (χ4n) is 3.05. The van der Waals surface area contributed by atoms with Crippen LogP contribution in [0.3, 0.4) is 0 Å². The van der Waals surface area contributed by atoms with E-state index in [1.54, 1.807) is 12.1 Å². The molecule has 0 atom stereocenters. The first-order chi connectivity index (χ1) is 12.7. The van der Waals surface area contributed by atoms with Gasteiger partial charge in [-0.2, -0.15) is 0 Å². The molecule has 4 rings (SSSR count). The van der Waals surface area contributed by atoms with E-state index in [2.05, 4.69) is 11.1 Å². The second kappa shape index (κ2) is 7.48. The molecule has 1 aromatic heterocycles. The lowest BCUT2D eigenvalue weighted by Crippen LogP contribution is -2.30. The molecule has 0 saturated carbocycles. The Bertz CT molecular complexity index is 941. The molecule has 26 heavy (non-hydrogen) atoms. The molecule has 0 spiro atoms. The third-order valence-electron chi connectivity index (χ3n) is 4.28. The summed E-state index contributed by atoms with van der Waals surface area (Å²) in [6.07, 6.45) is 1.22. The molecule has 0 bridgehead atoms. The quantitative estimate of drug-likeness (QED) is 0.650. The molecule has 4 nitrogen and oxygen atoms in total. The van der Waals surface area contributed by atoms with Crippen LogP contribution >= 0.6 is 22.9 Å². The van der Waals surface area contributed by atoms with Gasteiger partial charge in [0.05, 0.1) is 12.1 Å². The zero-order chi connectivity index (χ0) is 17.9. The Kier molecular flexibility index (Phi) is 4.91. The first-order valence-electron chi connectivity index (χ1n) is 8.39. The van der Waals surface area contributed by atoms with Crippen LogP contribution in [0.4, 0.5) is 5.69 Å². The SMILES string of the molecule is O=C(Cc1csc(COc2cccc(Cl)c2)n1)N1CCc2ccccc21. The minimum atomic E-state index is 0.0857. The summed E-state index contributed by atoms with van der Waals surface area (Å²) < 4.78 is 5.71. The third kappa shape index (κ3) is 3.74. The molecule has 6 heteroatoms. The van der Waals surface area contributed by atoms with E-state index in [-0.39, 0.29) is 5.91 Å². The van der Waals surface area contributed by atoms with Crippen LogP contribution in [0.25, 0.3) is 0 Å². The van der Waals surface area contributed by atoms with E-state index in [0.29, 0.717) is 23.8 Å². The number of para-hydroxylation sites is 1. The predicted octanol–water partition coefficient (Wildman–Crippen LogP) is 4.51. The van der Waals surface area contributed by atoms with E-state index in [1.807, 2.05) is 40.6 Å². The Morgan fingerprint density at radius 1 is 1.23 bits per heavy atom. The summed E-state index contributed by atoms with van der Waals surface area (Å²) in [7, 11) is 0. The summed E-state index contributed by atoms with van der Waals surface area (Å²) in [5.74, 6) is 0.793. The highest BCUT2D eigenvalue weighted by Crippen LogP contribution is 2.28. The van der Waals surface area contributed by atoms with Gasteiger partial charge in [0.1, 0.15) is 17.4 Å². The number of thiazole rings is 1. The summed E-state index contributed by atoms with van der Waals surface area (Å²) >= 11 is 7.45. The Labute approximate surface area is 161 Å². The molecule has 3 aromatic rings. The number of fused-ring (bicyclic) bond motifs is 1. The molecule has 0 radical (unpaired) electrons. The van der Waals surface area contributed by atoms with Crippen LogP contribution < -0.4 is 9.64 Å². The van der Waals surface area contributed by atoms with Crippen molar-refractivity contribution in [3.8, 4) is 5.75 Å². The molecule has 0 unspecified atom stereocenters. The van der Waals surface area contributed by atoms with Crippen molar-refractivity contribution in [2.75, 3.05) is 11.4 Å². The monoisotopic (exact) mass is 384 g/mol. The highest BCUT2D eigenvalue weighted by molar-refractivity contribution is 7.09. The highest BCUT2D eigenvalue weighted by atomic mass is 35.5. The minimum Gasteiger partial charge on any atom is -0.486 e. The minimum absolute atomic E-state index is 0.0857. The van der Waals surface area contributed by atoms with Gasteiger partial charge in [-0.15, -0.1) is 11.3 Å². The second-order valence-electron chi connectivity index (χ2n) is 6.08. The lowest BCUT2D eigenvalue weighted by atomic mass is 10.2. The van der Waals surface area contributed by atoms with Crippen molar-refractivity contribution < 1.29 is 9.53 Å². The molecule has 1 aliphatic heterocycles. The molecule has 1 amide bonds. The van der Waals surface area contributed by atoms with E-state index in [1.165, 1.54) is 16.9 Å². The number of nitrogens with zero attached hydrogens (tertiary/aromatic N) is 2. The fourth-order valence-corrected chi connectivity index (χ4v) is 3.93. The van der Waals surface area contributed by atoms with E-state index >= 15 is 0 Å². The molecule has 2 aromatic carbocycles. The molecule has 0 fully saturated rings. The largest absolute Gasteiger partial charge is 0.486 e. The zero-order valence-corrected chi connectivity index (χ0v) is 15.6. The van der Waals surface area contributed by atoms with Gasteiger partial charge in [-0.1, -0.05) is 35.9 Å². The topological polar surface area (TPSA) is 42.4 Å². The number of carbonyl (C=O) groups is 1. The molecule has 2 heterocycles. The average Bonchev–Trinajstić information content (AvgIpc) is 3.26. The zero-order valence-electron chi connectivity index (χ0n) is 14.0. The van der Waals surface area contributed by atoms with Crippen molar-refractivity contribution >= 4 is 34.5 Å². The number of anilines is 1. The number of amides is 1. The second-order valence-corrected chi connectivity index (χ2v) is 7.46. The average molecular weight is 385 g/mol. The highest BCUT2D eigenvalue weighted by Gasteiger charge is 2.24. The lowest BCUT2D eigenvalue weighted by molar-refractivity contribution is -0.117. The number of hydrogen-bond acceptors (Lipinski definition) is 4. The van der Waals surface area contributed by atoms with Crippen LogP contribution in [0.2, 0.25) is 5.02 Å². The third-order valence-corrected chi connectivity index (χ3v) is 5.38. The van der Waals surface area contributed by atoms with Gasteiger partial charge in [0, 0.05) is 22.6 Å². The summed E-state index contributed by atoms with van der Waals surface area (Å²) in [5, 5.41) is 3.41. The van der Waals surface area contributed by atoms with Gasteiger partial charge in [-0.3, -0.25) is 4.79 Å². The normalized spacial score (nSPS) is 12.9. The van der Waals surface area contributed by atoms with Crippen molar-refractivity contribution in [2.24, 2.45) is 0 Å². The van der Waals surface area contributed by atoms with Gasteiger partial charge >= 0.3 is 0 Å². The lowest BCUT2D eigenvalue weighted by Gasteiger charge is -2.16. The summed E-state index contributed by atoms with van der Waals surface area (Å²) in [4.78, 5) is 19.0. The van der Waals surface area contributed by atoms with E-state index in [0.717, 1.165) is 29.4 Å². The predicted molar refractivity (Wildman–Crippen MR) is 104 cm³/mol. The van der Waals surface area contributed by atoms with Crippen molar-refractivity contribution in [3.63, 3.8) is 0 Å². The Morgan fingerprint density at radius 3 is 3.00 bits per heavy atom. The van der Waals surface area contributed by atoms with Crippen LogP contribution in [0.5, 0.6) is 5.75 Å². The van der Waals surface area contributed by atoms with Gasteiger partial charge in [0.25, 0.3) is 0 Å². The van der Waals surface area contributed by atoms with E-state index in [4.69, 9.17) is 16.3 Å². The van der Waals surface area contributed by atoms with Gasteiger partial charge in [0.2, 0.25) is 5.91 Å². The number of carbonyl (C=O) groups excluding carboxylic acids is 1. The van der Waals surface area contributed by atoms with Gasteiger partial charge in [-0.25, -0.2) is 4.98 Å². The van der Waals surface area contributed by atoms with Crippen LogP contribution in [0, 0.1) is 0 Å². The number of hydrogen-bond donors (Lipinski definition) is 0. The molecular formula is C20H17ClN2O2S. The molecular weight excluding hydrogens is 368 g/mol. The van der Waals surface area contributed by atoms with Crippen molar-refractivity contribution in [1.82, 2.24) is 4.98 Å². The van der Waals surface area contributed by atoms with Gasteiger partial charge in [-0.05, 0) is 36.2 Å². The fraction of sp³-hybridized carbons (Fsp3) is 0.200. The molecule has 0 aliphatic carbocycles. The van der Waals surface area contributed by atoms with Crippen molar-refractivity contribution in [3.05, 3.63) is 75.2 Å². The first-order valence-corrected chi connectivity index (χ1v) is 9.65.